The molecule has 0 bridgehead atoms. The number of rotatable bonds is 11. The molecule has 1 saturated heterocycles. The van der Waals surface area contributed by atoms with Gasteiger partial charge in [0, 0.05) is 26.3 Å². The highest BCUT2D eigenvalue weighted by atomic mass is 28.3. The van der Waals surface area contributed by atoms with Crippen LogP contribution in [0.15, 0.2) is 48.5 Å². The molecule has 48 heavy (non-hydrogen) atoms. The van der Waals surface area contributed by atoms with Crippen LogP contribution in [0.3, 0.4) is 0 Å². The number of carbonyl (C=O) groups is 3. The van der Waals surface area contributed by atoms with Crippen molar-refractivity contribution < 1.29 is 42.9 Å². The third-order valence-corrected chi connectivity index (χ3v) is 15.2. The van der Waals surface area contributed by atoms with Gasteiger partial charge in [0.05, 0.1) is 6.92 Å². The number of benzene rings is 2. The first-order valence-corrected chi connectivity index (χ1v) is 18.8. The van der Waals surface area contributed by atoms with Gasteiger partial charge in [-0.25, -0.2) is 0 Å². The van der Waals surface area contributed by atoms with Crippen LogP contribution in [0.2, 0.25) is 16.6 Å². The monoisotopic (exact) mass is 679 g/mol. The van der Waals surface area contributed by atoms with Crippen molar-refractivity contribution in [2.24, 2.45) is 0 Å². The van der Waals surface area contributed by atoms with Crippen molar-refractivity contribution in [1.29, 1.82) is 0 Å². The molecular formula is C38H51O9Si+. The van der Waals surface area contributed by atoms with Crippen LogP contribution in [0.5, 0.6) is 0 Å². The Balaban J connectivity index is 1.95. The summed E-state index contributed by atoms with van der Waals surface area (Å²) in [5.41, 5.74) is 9.17. The van der Waals surface area contributed by atoms with Gasteiger partial charge in [-0.2, -0.15) is 0 Å². The Morgan fingerprint density at radius 1 is 0.771 bits per heavy atom. The summed E-state index contributed by atoms with van der Waals surface area (Å²) in [5, 5.41) is 0. The van der Waals surface area contributed by atoms with E-state index in [9.17, 15) is 19.2 Å². The summed E-state index contributed by atoms with van der Waals surface area (Å²) in [5.74, 6) is 1.24. The van der Waals surface area contributed by atoms with Crippen molar-refractivity contribution in [3.05, 3.63) is 70.8 Å². The van der Waals surface area contributed by atoms with Crippen LogP contribution in [0.1, 0.15) is 97.6 Å². The molecule has 1 aliphatic rings. The predicted octanol–water partition coefficient (Wildman–Crippen LogP) is 6.62. The van der Waals surface area contributed by atoms with E-state index in [2.05, 4.69) is 77.3 Å². The minimum atomic E-state index is -1.84. The Morgan fingerprint density at radius 2 is 1.31 bits per heavy atom. The van der Waals surface area contributed by atoms with Gasteiger partial charge in [-0.3, -0.25) is 14.4 Å². The molecule has 2 aromatic rings. The van der Waals surface area contributed by atoms with Crippen molar-refractivity contribution in [1.82, 2.24) is 0 Å². The zero-order valence-corrected chi connectivity index (χ0v) is 30.9. The van der Waals surface area contributed by atoms with Gasteiger partial charge in [0.15, 0.2) is 24.4 Å². The molecule has 3 rings (SSSR count). The van der Waals surface area contributed by atoms with E-state index in [1.165, 1.54) is 27.7 Å². The van der Waals surface area contributed by atoms with E-state index >= 15 is 0 Å². The Hall–Kier alpha value is -3.94. The fourth-order valence-electron chi connectivity index (χ4n) is 6.94. The smallest absolute Gasteiger partial charge is 0.455 e. The molecule has 1 fully saturated rings. The van der Waals surface area contributed by atoms with Crippen molar-refractivity contribution in [3.8, 4) is 11.5 Å². The Morgan fingerprint density at radius 3 is 1.83 bits per heavy atom. The molecule has 1 heterocycles. The molecule has 10 heteroatoms. The first kappa shape index (κ1) is 38.5. The summed E-state index contributed by atoms with van der Waals surface area (Å²) in [6, 6.07) is 15.9. The Kier molecular flexibility index (Phi) is 13.6. The molecule has 0 amide bonds. The number of carbonyl (C=O) groups excluding carboxylic acids is 4. The first-order chi connectivity index (χ1) is 22.5. The van der Waals surface area contributed by atoms with Gasteiger partial charge in [0.2, 0.25) is 6.61 Å². The highest BCUT2D eigenvalue weighted by molar-refractivity contribution is 6.90. The first-order valence-electron chi connectivity index (χ1n) is 16.6. The van der Waals surface area contributed by atoms with Crippen LogP contribution in [-0.4, -0.2) is 67.8 Å². The van der Waals surface area contributed by atoms with E-state index in [0.29, 0.717) is 28.6 Å². The SMILES string of the molecule is CC(=O)OC1[C@@H](OC(C)=O)[C@H](c2cccc(Cc3ccc(C#C[Si](C(C)C)(C(C)C)C(C)C)cc3)c2)O[C@H](COC(C)=[OH+])[C@H]1OC(C)=O. The fourth-order valence-corrected chi connectivity index (χ4v) is 12.2. The quantitative estimate of drug-likeness (QED) is 0.0855. The molecule has 1 aliphatic heterocycles. The summed E-state index contributed by atoms with van der Waals surface area (Å²) in [4.78, 5) is 46.3. The van der Waals surface area contributed by atoms with Gasteiger partial charge < -0.3 is 28.5 Å². The maximum atomic E-state index is 12.3. The van der Waals surface area contributed by atoms with Gasteiger partial charge >= 0.3 is 23.9 Å². The zero-order valence-electron chi connectivity index (χ0n) is 29.9. The van der Waals surface area contributed by atoms with Gasteiger partial charge in [-0.1, -0.05) is 83.9 Å². The van der Waals surface area contributed by atoms with E-state index in [4.69, 9.17) is 23.7 Å². The lowest BCUT2D eigenvalue weighted by Crippen LogP contribution is -2.59. The maximum absolute atomic E-state index is 12.3. The van der Waals surface area contributed by atoms with Crippen LogP contribution < -0.4 is 0 Å². The molecule has 9 nitrogen and oxygen atoms in total. The Bertz CT molecular complexity index is 1480. The minimum Gasteiger partial charge on any atom is -0.455 e. The molecule has 0 saturated carbocycles. The normalized spacial score (nSPS) is 20.9. The van der Waals surface area contributed by atoms with Gasteiger partial charge in [-0.05, 0) is 51.9 Å². The predicted molar refractivity (Wildman–Crippen MR) is 186 cm³/mol. The molecule has 2 aromatic carbocycles. The van der Waals surface area contributed by atoms with Crippen LogP contribution in [-0.2, 0) is 44.5 Å². The fraction of sp³-hybridized carbons (Fsp3) is 0.526. The maximum Gasteiger partial charge on any atom is 0.479 e. The average molecular weight is 680 g/mol. The summed E-state index contributed by atoms with van der Waals surface area (Å²) in [6.07, 6.45) is -4.80. The largest absolute Gasteiger partial charge is 0.479 e. The highest BCUT2D eigenvalue weighted by Gasteiger charge is 2.53. The van der Waals surface area contributed by atoms with E-state index in [-0.39, 0.29) is 12.6 Å². The molecular weight excluding hydrogens is 628 g/mol. The molecule has 1 N–H and O–H groups in total. The molecule has 0 aromatic heterocycles. The lowest BCUT2D eigenvalue weighted by molar-refractivity contribution is -0.252. The topological polar surface area (TPSA) is 119 Å². The van der Waals surface area contributed by atoms with Gasteiger partial charge in [-0.15, -0.1) is 5.54 Å². The molecule has 0 radical (unpaired) electrons. The summed E-state index contributed by atoms with van der Waals surface area (Å²) in [6.45, 7) is 18.6. The van der Waals surface area contributed by atoms with Crippen molar-refractivity contribution in [2.45, 2.75) is 123 Å². The van der Waals surface area contributed by atoms with E-state index in [1.807, 2.05) is 24.3 Å². The van der Waals surface area contributed by atoms with Crippen LogP contribution >= 0.6 is 0 Å². The van der Waals surface area contributed by atoms with E-state index in [1.54, 1.807) is 0 Å². The van der Waals surface area contributed by atoms with Crippen molar-refractivity contribution in [3.63, 3.8) is 0 Å². The second-order valence-electron chi connectivity index (χ2n) is 13.4. The third kappa shape index (κ3) is 9.80. The van der Waals surface area contributed by atoms with Gasteiger partial charge in [0.1, 0.15) is 14.2 Å². The van der Waals surface area contributed by atoms with Crippen molar-refractivity contribution >= 4 is 32.0 Å². The minimum absolute atomic E-state index is 0.217. The second-order valence-corrected chi connectivity index (χ2v) is 19.0. The number of ether oxygens (including phenoxy) is 5. The summed E-state index contributed by atoms with van der Waals surface area (Å²) < 4.78 is 28.5. The number of esters is 4. The molecule has 1 unspecified atom stereocenters. The third-order valence-electron chi connectivity index (χ3n) is 8.93. The lowest BCUT2D eigenvalue weighted by atomic mass is 9.89. The molecule has 0 spiro atoms. The molecule has 5 atom stereocenters. The van der Waals surface area contributed by atoms with Crippen LogP contribution in [0.25, 0.3) is 0 Å². The van der Waals surface area contributed by atoms with E-state index in [0.717, 1.165) is 16.7 Å². The number of hydrogen-bond acceptors (Lipinski definition) is 8. The summed E-state index contributed by atoms with van der Waals surface area (Å²) >= 11 is 0. The Labute approximate surface area is 286 Å². The molecule has 0 aliphatic carbocycles. The average Bonchev–Trinajstić information content (AvgIpc) is 2.98. The van der Waals surface area contributed by atoms with Crippen LogP contribution in [0.4, 0.5) is 0 Å². The van der Waals surface area contributed by atoms with Crippen molar-refractivity contribution in [2.75, 3.05) is 6.61 Å². The van der Waals surface area contributed by atoms with E-state index < -0.39 is 56.5 Å². The molecule has 260 valence electrons. The second kappa shape index (κ2) is 16.9. The summed E-state index contributed by atoms with van der Waals surface area (Å²) in [7, 11) is -1.84. The van der Waals surface area contributed by atoms with Crippen LogP contribution in [0, 0.1) is 11.5 Å². The number of hydrogen-bond donors (Lipinski definition) is 0. The van der Waals surface area contributed by atoms with Gasteiger partial charge in [0.25, 0.3) is 0 Å². The highest BCUT2D eigenvalue weighted by Crippen LogP contribution is 2.41. The standard InChI is InChI=1S/C38H50O9Si/c1-23(2)48(24(3)4,25(5)6)19-18-30-14-16-31(17-15-30)20-32-12-11-13-33(21-32)35-37(45-28(9)41)38(46-29(10)42)36(44-27(8)40)34(47-35)22-43-26(7)39/h11-17,21,23-25,34-38H,20,22H2,1-10H3/p+1/t34-,35+,36-,37+,38?/m1/s1. The zero-order chi connectivity index (χ0) is 35.8. The lowest BCUT2D eigenvalue weighted by Gasteiger charge is -2.44.